The Morgan fingerprint density at radius 1 is 1.00 bits per heavy atom. The van der Waals surface area contributed by atoms with E-state index in [1.165, 1.54) is 5.56 Å². The van der Waals surface area contributed by atoms with Gasteiger partial charge in [0.15, 0.2) is 0 Å². The second kappa shape index (κ2) is 5.69. The van der Waals surface area contributed by atoms with Crippen LogP contribution in [0.1, 0.15) is 29.5 Å². The number of benzene rings is 2. The molecule has 0 saturated heterocycles. The SMILES string of the molecule is CC(CO)c1ccc(Cc2ccccc2)cc1O. The molecule has 18 heavy (non-hydrogen) atoms. The van der Waals surface area contributed by atoms with Crippen molar-refractivity contribution in [1.29, 1.82) is 0 Å². The molecule has 2 heteroatoms. The lowest BCUT2D eigenvalue weighted by Crippen LogP contribution is -2.00. The van der Waals surface area contributed by atoms with Crippen LogP contribution in [0.4, 0.5) is 0 Å². The molecule has 0 bridgehead atoms. The first-order valence-corrected chi connectivity index (χ1v) is 6.17. The van der Waals surface area contributed by atoms with Crippen LogP contribution >= 0.6 is 0 Å². The molecule has 0 aromatic heterocycles. The maximum Gasteiger partial charge on any atom is 0.119 e. The fourth-order valence-electron chi connectivity index (χ4n) is 2.05. The molecule has 1 atom stereocenters. The van der Waals surface area contributed by atoms with Crippen LogP contribution < -0.4 is 0 Å². The third-order valence-corrected chi connectivity index (χ3v) is 3.15. The highest BCUT2D eigenvalue weighted by molar-refractivity contribution is 5.40. The van der Waals surface area contributed by atoms with Crippen LogP contribution in [0, 0.1) is 0 Å². The average Bonchev–Trinajstić information content (AvgIpc) is 2.39. The Morgan fingerprint density at radius 3 is 2.33 bits per heavy atom. The maximum absolute atomic E-state index is 9.96. The molecule has 0 heterocycles. The highest BCUT2D eigenvalue weighted by Crippen LogP contribution is 2.27. The van der Waals surface area contributed by atoms with E-state index < -0.39 is 0 Å². The summed E-state index contributed by atoms with van der Waals surface area (Å²) in [5, 5.41) is 19.1. The van der Waals surface area contributed by atoms with E-state index in [-0.39, 0.29) is 18.3 Å². The number of phenols is 1. The van der Waals surface area contributed by atoms with Gasteiger partial charge in [0.25, 0.3) is 0 Å². The van der Waals surface area contributed by atoms with Gasteiger partial charge in [-0.1, -0.05) is 49.4 Å². The Morgan fingerprint density at radius 2 is 1.72 bits per heavy atom. The van der Waals surface area contributed by atoms with Crippen LogP contribution in [-0.2, 0) is 6.42 Å². The van der Waals surface area contributed by atoms with Crippen molar-refractivity contribution in [2.24, 2.45) is 0 Å². The maximum atomic E-state index is 9.96. The standard InChI is InChI=1S/C16H18O2/c1-12(11-17)15-8-7-14(10-16(15)18)9-13-5-3-2-4-6-13/h2-8,10,12,17-18H,9,11H2,1H3. The first kappa shape index (κ1) is 12.7. The van der Waals surface area contributed by atoms with E-state index in [4.69, 9.17) is 5.11 Å². The monoisotopic (exact) mass is 242 g/mol. The molecule has 2 aromatic carbocycles. The van der Waals surface area contributed by atoms with Gasteiger partial charge in [-0.3, -0.25) is 0 Å². The fraction of sp³-hybridized carbons (Fsp3) is 0.250. The molecule has 2 rings (SSSR count). The smallest absolute Gasteiger partial charge is 0.119 e. The molecular formula is C16H18O2. The lowest BCUT2D eigenvalue weighted by Gasteiger charge is -2.12. The first-order valence-electron chi connectivity index (χ1n) is 6.17. The lowest BCUT2D eigenvalue weighted by molar-refractivity contribution is 0.270. The molecule has 2 nitrogen and oxygen atoms in total. The van der Waals surface area contributed by atoms with Gasteiger partial charge < -0.3 is 10.2 Å². The number of hydrogen-bond donors (Lipinski definition) is 2. The van der Waals surface area contributed by atoms with Crippen molar-refractivity contribution < 1.29 is 10.2 Å². The molecule has 0 aliphatic rings. The number of phenolic OH excluding ortho intramolecular Hbond substituents is 1. The molecule has 0 radical (unpaired) electrons. The molecule has 0 spiro atoms. The van der Waals surface area contributed by atoms with Gasteiger partial charge in [0, 0.05) is 12.5 Å². The molecule has 0 saturated carbocycles. The molecule has 2 aromatic rings. The first-order chi connectivity index (χ1) is 8.70. The minimum Gasteiger partial charge on any atom is -0.508 e. The van der Waals surface area contributed by atoms with Gasteiger partial charge in [-0.2, -0.15) is 0 Å². The van der Waals surface area contributed by atoms with Gasteiger partial charge in [-0.25, -0.2) is 0 Å². The minimum atomic E-state index is -0.0317. The minimum absolute atomic E-state index is 0.0317. The number of hydrogen-bond acceptors (Lipinski definition) is 2. The number of rotatable bonds is 4. The summed E-state index contributed by atoms with van der Waals surface area (Å²) < 4.78 is 0. The third kappa shape index (κ3) is 2.90. The van der Waals surface area contributed by atoms with Crippen LogP contribution in [0.3, 0.4) is 0 Å². The number of aromatic hydroxyl groups is 1. The highest BCUT2D eigenvalue weighted by atomic mass is 16.3. The Kier molecular flexibility index (Phi) is 4.00. The Balaban J connectivity index is 2.19. The van der Waals surface area contributed by atoms with Crippen molar-refractivity contribution >= 4 is 0 Å². The molecule has 2 N–H and O–H groups in total. The van der Waals surface area contributed by atoms with E-state index in [2.05, 4.69) is 12.1 Å². The zero-order chi connectivity index (χ0) is 13.0. The number of aliphatic hydroxyl groups excluding tert-OH is 1. The summed E-state index contributed by atoms with van der Waals surface area (Å²) in [6.45, 7) is 1.94. The largest absolute Gasteiger partial charge is 0.508 e. The summed E-state index contributed by atoms with van der Waals surface area (Å²) in [6.07, 6.45) is 0.808. The zero-order valence-corrected chi connectivity index (χ0v) is 10.5. The Labute approximate surface area is 108 Å². The van der Waals surface area contributed by atoms with Gasteiger partial charge in [0.1, 0.15) is 5.75 Å². The van der Waals surface area contributed by atoms with E-state index >= 15 is 0 Å². The van der Waals surface area contributed by atoms with Crippen molar-refractivity contribution in [2.45, 2.75) is 19.3 Å². The summed E-state index contributed by atoms with van der Waals surface area (Å²) in [5.74, 6) is 0.237. The second-order valence-electron chi connectivity index (χ2n) is 4.64. The van der Waals surface area contributed by atoms with Crippen LogP contribution in [0.15, 0.2) is 48.5 Å². The second-order valence-corrected chi connectivity index (χ2v) is 4.64. The van der Waals surface area contributed by atoms with E-state index in [1.807, 2.05) is 37.3 Å². The molecule has 0 aliphatic heterocycles. The summed E-state index contributed by atoms with van der Waals surface area (Å²) in [6, 6.07) is 15.8. The van der Waals surface area contributed by atoms with Crippen LogP contribution in [0.2, 0.25) is 0 Å². The van der Waals surface area contributed by atoms with E-state index in [0.717, 1.165) is 17.5 Å². The summed E-state index contributed by atoms with van der Waals surface area (Å²) in [7, 11) is 0. The summed E-state index contributed by atoms with van der Waals surface area (Å²) >= 11 is 0. The predicted octanol–water partition coefficient (Wildman–Crippen LogP) is 3.08. The topological polar surface area (TPSA) is 40.5 Å². The van der Waals surface area contributed by atoms with Crippen molar-refractivity contribution in [3.8, 4) is 5.75 Å². The van der Waals surface area contributed by atoms with Gasteiger partial charge in [0.2, 0.25) is 0 Å². The number of aliphatic hydroxyl groups is 1. The van der Waals surface area contributed by atoms with E-state index in [9.17, 15) is 5.11 Å². The fourth-order valence-corrected chi connectivity index (χ4v) is 2.05. The average molecular weight is 242 g/mol. The van der Waals surface area contributed by atoms with Gasteiger partial charge in [-0.05, 0) is 29.2 Å². The van der Waals surface area contributed by atoms with Crippen LogP contribution in [0.25, 0.3) is 0 Å². The molecular weight excluding hydrogens is 224 g/mol. The Bertz CT molecular complexity index is 506. The van der Waals surface area contributed by atoms with Crippen LogP contribution in [0.5, 0.6) is 5.75 Å². The van der Waals surface area contributed by atoms with Crippen molar-refractivity contribution in [2.75, 3.05) is 6.61 Å². The van der Waals surface area contributed by atoms with Crippen LogP contribution in [-0.4, -0.2) is 16.8 Å². The molecule has 94 valence electrons. The lowest BCUT2D eigenvalue weighted by atomic mass is 9.97. The third-order valence-electron chi connectivity index (χ3n) is 3.15. The Hall–Kier alpha value is -1.80. The van der Waals surface area contributed by atoms with E-state index in [0.29, 0.717) is 0 Å². The molecule has 0 fully saturated rings. The van der Waals surface area contributed by atoms with Crippen molar-refractivity contribution in [3.63, 3.8) is 0 Å². The normalized spacial score (nSPS) is 12.3. The predicted molar refractivity (Wildman–Crippen MR) is 72.9 cm³/mol. The summed E-state index contributed by atoms with van der Waals surface area (Å²) in [4.78, 5) is 0. The summed E-state index contributed by atoms with van der Waals surface area (Å²) in [5.41, 5.74) is 3.10. The quantitative estimate of drug-likeness (QED) is 0.865. The van der Waals surface area contributed by atoms with Gasteiger partial charge >= 0.3 is 0 Å². The van der Waals surface area contributed by atoms with Gasteiger partial charge in [0.05, 0.1) is 0 Å². The zero-order valence-electron chi connectivity index (χ0n) is 10.5. The molecule has 1 unspecified atom stereocenters. The molecule has 0 aliphatic carbocycles. The van der Waals surface area contributed by atoms with Crippen molar-refractivity contribution in [1.82, 2.24) is 0 Å². The molecule has 0 amide bonds. The van der Waals surface area contributed by atoms with Crippen molar-refractivity contribution in [3.05, 3.63) is 65.2 Å². The van der Waals surface area contributed by atoms with Gasteiger partial charge in [-0.15, -0.1) is 0 Å². The van der Waals surface area contributed by atoms with E-state index in [1.54, 1.807) is 6.07 Å². The highest BCUT2D eigenvalue weighted by Gasteiger charge is 2.09.